The van der Waals surface area contributed by atoms with Crippen LogP contribution < -0.4 is 5.56 Å². The minimum absolute atomic E-state index is 0.299. The van der Waals surface area contributed by atoms with Gasteiger partial charge in [-0.1, -0.05) is 18.2 Å². The SMILES string of the molecule is C[C@H](C(=O)O)n1c2ccccc2c2cnn(C)c(=O)c21. The van der Waals surface area contributed by atoms with E-state index in [1.54, 1.807) is 24.7 Å². The Hall–Kier alpha value is -2.63. The van der Waals surface area contributed by atoms with Crippen LogP contribution in [0.2, 0.25) is 0 Å². The highest BCUT2D eigenvalue weighted by molar-refractivity contribution is 6.08. The summed E-state index contributed by atoms with van der Waals surface area (Å²) in [5.41, 5.74) is 0.799. The topological polar surface area (TPSA) is 77.1 Å². The third-order valence-corrected chi connectivity index (χ3v) is 3.55. The van der Waals surface area contributed by atoms with E-state index < -0.39 is 12.0 Å². The molecule has 0 saturated heterocycles. The molecule has 0 fully saturated rings. The predicted octanol–water partition coefficient (Wildman–Crippen LogP) is 1.53. The number of rotatable bonds is 2. The van der Waals surface area contributed by atoms with E-state index in [1.165, 1.54) is 4.68 Å². The van der Waals surface area contributed by atoms with Crippen LogP contribution in [0.5, 0.6) is 0 Å². The molecule has 2 heterocycles. The Bertz CT molecular complexity index is 892. The number of fused-ring (bicyclic) bond motifs is 3. The van der Waals surface area contributed by atoms with Crippen molar-refractivity contribution in [2.45, 2.75) is 13.0 Å². The highest BCUT2D eigenvalue weighted by atomic mass is 16.4. The maximum Gasteiger partial charge on any atom is 0.326 e. The zero-order valence-corrected chi connectivity index (χ0v) is 11.1. The van der Waals surface area contributed by atoms with Gasteiger partial charge in [0.1, 0.15) is 11.6 Å². The zero-order valence-electron chi connectivity index (χ0n) is 11.1. The highest BCUT2D eigenvalue weighted by Gasteiger charge is 2.22. The first-order valence-electron chi connectivity index (χ1n) is 6.20. The van der Waals surface area contributed by atoms with Crippen molar-refractivity contribution in [3.63, 3.8) is 0 Å². The maximum absolute atomic E-state index is 12.3. The molecule has 1 aromatic carbocycles. The molecular formula is C14H13N3O3. The van der Waals surface area contributed by atoms with Crippen LogP contribution in [0.25, 0.3) is 21.8 Å². The quantitative estimate of drug-likeness (QED) is 0.766. The van der Waals surface area contributed by atoms with Crippen LogP contribution >= 0.6 is 0 Å². The standard InChI is InChI=1S/C14H13N3O3/c1-8(14(19)20)17-11-6-4-3-5-9(11)10-7-15-16(2)13(18)12(10)17/h3-8H,1-2H3,(H,19,20)/t8-/m1/s1. The van der Waals surface area contributed by atoms with Gasteiger partial charge in [0.25, 0.3) is 5.56 Å². The molecule has 1 N–H and O–H groups in total. The number of nitrogens with zero attached hydrogens (tertiary/aromatic N) is 3. The number of carbonyl (C=O) groups is 1. The van der Waals surface area contributed by atoms with Crippen molar-refractivity contribution in [1.29, 1.82) is 0 Å². The van der Waals surface area contributed by atoms with Gasteiger partial charge in [0.2, 0.25) is 0 Å². The third kappa shape index (κ3) is 1.54. The molecule has 0 saturated carbocycles. The number of aliphatic carboxylic acids is 1. The van der Waals surface area contributed by atoms with Gasteiger partial charge in [0, 0.05) is 17.8 Å². The smallest absolute Gasteiger partial charge is 0.326 e. The molecule has 0 radical (unpaired) electrons. The number of carboxylic acid groups (broad SMARTS) is 1. The fourth-order valence-electron chi connectivity index (χ4n) is 2.50. The maximum atomic E-state index is 12.3. The number of aromatic nitrogens is 3. The van der Waals surface area contributed by atoms with Crippen LogP contribution in [0.15, 0.2) is 35.3 Å². The monoisotopic (exact) mass is 271 g/mol. The average molecular weight is 271 g/mol. The van der Waals surface area contributed by atoms with E-state index in [1.807, 2.05) is 24.3 Å². The molecule has 0 unspecified atom stereocenters. The second-order valence-corrected chi connectivity index (χ2v) is 4.74. The summed E-state index contributed by atoms with van der Waals surface area (Å²) in [4.78, 5) is 23.7. The second kappa shape index (κ2) is 4.19. The first-order chi connectivity index (χ1) is 9.52. The fourth-order valence-corrected chi connectivity index (χ4v) is 2.50. The van der Waals surface area contributed by atoms with Crippen LogP contribution in [-0.4, -0.2) is 25.4 Å². The first-order valence-corrected chi connectivity index (χ1v) is 6.20. The molecule has 3 aromatic rings. The lowest BCUT2D eigenvalue weighted by Crippen LogP contribution is -2.24. The van der Waals surface area contributed by atoms with E-state index in [-0.39, 0.29) is 5.56 Å². The number of hydrogen-bond acceptors (Lipinski definition) is 3. The van der Waals surface area contributed by atoms with Crippen LogP contribution in [0.1, 0.15) is 13.0 Å². The molecule has 102 valence electrons. The Kier molecular flexibility index (Phi) is 2.60. The van der Waals surface area contributed by atoms with Crippen molar-refractivity contribution in [1.82, 2.24) is 14.3 Å². The Morgan fingerprint density at radius 3 is 2.70 bits per heavy atom. The summed E-state index contributed by atoms with van der Waals surface area (Å²) >= 11 is 0. The molecular weight excluding hydrogens is 258 g/mol. The highest BCUT2D eigenvalue weighted by Crippen LogP contribution is 2.29. The summed E-state index contributed by atoms with van der Waals surface area (Å²) in [6, 6.07) is 6.53. The Morgan fingerprint density at radius 1 is 1.30 bits per heavy atom. The van der Waals surface area contributed by atoms with Gasteiger partial charge in [-0.2, -0.15) is 5.10 Å². The largest absolute Gasteiger partial charge is 0.480 e. The van der Waals surface area contributed by atoms with E-state index >= 15 is 0 Å². The molecule has 0 bridgehead atoms. The van der Waals surface area contributed by atoms with Crippen molar-refractivity contribution < 1.29 is 9.90 Å². The lowest BCUT2D eigenvalue weighted by Gasteiger charge is -2.11. The van der Waals surface area contributed by atoms with Crippen LogP contribution in [0, 0.1) is 0 Å². The van der Waals surface area contributed by atoms with Crippen molar-refractivity contribution >= 4 is 27.8 Å². The number of carboxylic acids is 1. The van der Waals surface area contributed by atoms with Crippen molar-refractivity contribution in [2.24, 2.45) is 7.05 Å². The van der Waals surface area contributed by atoms with Crippen molar-refractivity contribution in [3.05, 3.63) is 40.8 Å². The lowest BCUT2D eigenvalue weighted by atomic mass is 10.2. The summed E-state index contributed by atoms with van der Waals surface area (Å²) in [5.74, 6) is -0.980. The number of aryl methyl sites for hydroxylation is 1. The first kappa shape index (κ1) is 12.4. The summed E-state index contributed by atoms with van der Waals surface area (Å²) in [7, 11) is 1.55. The molecule has 0 aliphatic rings. The number of para-hydroxylation sites is 1. The van der Waals surface area contributed by atoms with E-state index in [4.69, 9.17) is 0 Å². The summed E-state index contributed by atoms with van der Waals surface area (Å²) in [6.45, 7) is 1.56. The Labute approximate surface area is 113 Å². The molecule has 0 spiro atoms. The molecule has 0 amide bonds. The van der Waals surface area contributed by atoms with E-state index in [9.17, 15) is 14.7 Å². The van der Waals surface area contributed by atoms with Gasteiger partial charge in [-0.25, -0.2) is 9.48 Å². The molecule has 2 aromatic heterocycles. The molecule has 0 aliphatic carbocycles. The number of hydrogen-bond donors (Lipinski definition) is 1. The molecule has 0 aliphatic heterocycles. The minimum Gasteiger partial charge on any atom is -0.480 e. The van der Waals surface area contributed by atoms with Crippen molar-refractivity contribution in [2.75, 3.05) is 0 Å². The summed E-state index contributed by atoms with van der Waals surface area (Å²) in [5, 5.41) is 14.8. The molecule has 1 atom stereocenters. The van der Waals surface area contributed by atoms with Crippen LogP contribution in [0.4, 0.5) is 0 Å². The van der Waals surface area contributed by atoms with E-state index in [0.29, 0.717) is 10.9 Å². The Morgan fingerprint density at radius 2 is 2.00 bits per heavy atom. The van der Waals surface area contributed by atoms with Crippen molar-refractivity contribution in [3.8, 4) is 0 Å². The van der Waals surface area contributed by atoms with Gasteiger partial charge in [-0.15, -0.1) is 0 Å². The molecule has 3 rings (SSSR count). The van der Waals surface area contributed by atoms with Gasteiger partial charge in [-0.3, -0.25) is 4.79 Å². The molecule has 6 heteroatoms. The number of benzene rings is 1. The zero-order chi connectivity index (χ0) is 14.4. The molecule has 20 heavy (non-hydrogen) atoms. The van der Waals surface area contributed by atoms with Gasteiger partial charge in [-0.05, 0) is 13.0 Å². The van der Waals surface area contributed by atoms with E-state index in [2.05, 4.69) is 5.10 Å². The second-order valence-electron chi connectivity index (χ2n) is 4.74. The van der Waals surface area contributed by atoms with Gasteiger partial charge in [0.05, 0.1) is 11.7 Å². The van der Waals surface area contributed by atoms with Crippen LogP contribution in [0.3, 0.4) is 0 Å². The third-order valence-electron chi connectivity index (χ3n) is 3.55. The minimum atomic E-state index is -0.980. The van der Waals surface area contributed by atoms with E-state index in [0.717, 1.165) is 10.9 Å². The predicted molar refractivity (Wildman–Crippen MR) is 74.8 cm³/mol. The van der Waals surface area contributed by atoms with Gasteiger partial charge in [0.15, 0.2) is 0 Å². The van der Waals surface area contributed by atoms with Gasteiger partial charge < -0.3 is 9.67 Å². The summed E-state index contributed by atoms with van der Waals surface area (Å²) < 4.78 is 2.78. The molecule has 6 nitrogen and oxygen atoms in total. The van der Waals surface area contributed by atoms with Gasteiger partial charge >= 0.3 is 5.97 Å². The average Bonchev–Trinajstić information content (AvgIpc) is 2.77. The summed E-state index contributed by atoms with van der Waals surface area (Å²) in [6.07, 6.45) is 1.60. The normalized spacial score (nSPS) is 12.9. The van der Waals surface area contributed by atoms with Crippen LogP contribution in [-0.2, 0) is 11.8 Å². The fraction of sp³-hybridized carbons (Fsp3) is 0.214. The lowest BCUT2D eigenvalue weighted by molar-refractivity contribution is -0.140. The Balaban J connectivity index is 2.60.